The first-order valence-electron chi connectivity index (χ1n) is 3.79. The second-order valence-corrected chi connectivity index (χ2v) is 3.22. The molecule has 0 aromatic heterocycles. The van der Waals surface area contributed by atoms with Crippen LogP contribution < -0.4 is 10.8 Å². The van der Waals surface area contributed by atoms with Crippen LogP contribution in [0, 0.1) is 0 Å². The second kappa shape index (κ2) is 4.14. The van der Waals surface area contributed by atoms with E-state index in [4.69, 9.17) is 17.3 Å². The monoisotopic (exact) mass is 198 g/mol. The fourth-order valence-electron chi connectivity index (χ4n) is 0.996. The van der Waals surface area contributed by atoms with Crippen molar-refractivity contribution in [1.82, 2.24) is 0 Å². The fourth-order valence-corrected chi connectivity index (χ4v) is 1.16. The van der Waals surface area contributed by atoms with Crippen LogP contribution in [0.3, 0.4) is 0 Å². The summed E-state index contributed by atoms with van der Waals surface area (Å²) in [7, 11) is 0. The van der Waals surface area contributed by atoms with Gasteiger partial charge in [0.2, 0.25) is 0 Å². The van der Waals surface area contributed by atoms with Crippen LogP contribution in [0.1, 0.15) is 5.56 Å². The summed E-state index contributed by atoms with van der Waals surface area (Å²) in [4.78, 5) is 10.3. The zero-order valence-corrected chi connectivity index (χ0v) is 7.62. The number of nitrogen functional groups attached to an aromatic ring is 1. The number of carboxylic acid groups (broad SMARTS) is 1. The lowest BCUT2D eigenvalue weighted by atomic mass is 10.1. The number of anilines is 1. The van der Waals surface area contributed by atoms with Crippen LogP contribution in [0.4, 0.5) is 5.69 Å². The number of nitrogens with two attached hydrogens (primary N) is 1. The molecule has 2 N–H and O–H groups in total. The lowest BCUT2D eigenvalue weighted by molar-refractivity contribution is -0.305. The summed E-state index contributed by atoms with van der Waals surface area (Å²) in [6.45, 7) is 0. The van der Waals surface area contributed by atoms with Crippen LogP contribution in [0.25, 0.3) is 0 Å². The summed E-state index contributed by atoms with van der Waals surface area (Å²) in [5.74, 6) is -1.27. The van der Waals surface area contributed by atoms with Gasteiger partial charge < -0.3 is 15.6 Å². The van der Waals surface area contributed by atoms with Gasteiger partial charge in [-0.2, -0.15) is 0 Å². The van der Waals surface area contributed by atoms with Gasteiger partial charge in [-0.15, -0.1) is 11.6 Å². The molecule has 1 unspecified atom stereocenters. The van der Waals surface area contributed by atoms with Gasteiger partial charge in [0.1, 0.15) is 0 Å². The molecule has 1 atom stereocenters. The van der Waals surface area contributed by atoms with E-state index in [1.54, 1.807) is 24.3 Å². The summed E-state index contributed by atoms with van der Waals surface area (Å²) >= 11 is 5.50. The van der Waals surface area contributed by atoms with Crippen LogP contribution in [0.5, 0.6) is 0 Å². The summed E-state index contributed by atoms with van der Waals surface area (Å²) < 4.78 is 0. The second-order valence-electron chi connectivity index (χ2n) is 2.69. The molecule has 0 fully saturated rings. The Morgan fingerprint density at radius 1 is 1.54 bits per heavy atom. The number of rotatable bonds is 3. The molecule has 4 heteroatoms. The number of carbonyl (C=O) groups excluding carboxylic acids is 1. The maximum absolute atomic E-state index is 10.3. The SMILES string of the molecule is Nc1ccccc1CC(Cl)C(=O)[O-]. The standard InChI is InChI=1S/C9H10ClNO2/c10-7(9(12)13)5-6-3-1-2-4-8(6)11/h1-4,7H,5,11H2,(H,12,13)/p-1. The molecular weight excluding hydrogens is 190 g/mol. The van der Waals surface area contributed by atoms with Crippen LogP contribution in [-0.2, 0) is 11.2 Å². The number of aliphatic carboxylic acids is 1. The highest BCUT2D eigenvalue weighted by Crippen LogP contribution is 2.14. The first-order chi connectivity index (χ1) is 6.11. The third-order valence-electron chi connectivity index (χ3n) is 1.71. The third-order valence-corrected chi connectivity index (χ3v) is 2.04. The Hall–Kier alpha value is -1.22. The molecular formula is C9H9ClNO2-. The van der Waals surface area contributed by atoms with Gasteiger partial charge in [-0.1, -0.05) is 18.2 Å². The smallest absolute Gasteiger partial charge is 0.0771 e. The average molecular weight is 199 g/mol. The zero-order chi connectivity index (χ0) is 9.84. The van der Waals surface area contributed by atoms with Gasteiger partial charge in [0.05, 0.1) is 11.3 Å². The Labute approximate surface area is 81.1 Å². The van der Waals surface area contributed by atoms with E-state index >= 15 is 0 Å². The van der Waals surface area contributed by atoms with Crippen molar-refractivity contribution in [3.05, 3.63) is 29.8 Å². The molecule has 0 aliphatic carbocycles. The van der Waals surface area contributed by atoms with Gasteiger partial charge in [0, 0.05) is 5.69 Å². The van der Waals surface area contributed by atoms with Gasteiger partial charge in [0.15, 0.2) is 0 Å². The number of hydrogen-bond acceptors (Lipinski definition) is 3. The number of halogens is 1. The van der Waals surface area contributed by atoms with Crippen molar-refractivity contribution in [1.29, 1.82) is 0 Å². The molecule has 70 valence electrons. The molecule has 0 heterocycles. The quantitative estimate of drug-likeness (QED) is 0.556. The number of carbonyl (C=O) groups is 1. The molecule has 0 bridgehead atoms. The highest BCUT2D eigenvalue weighted by molar-refractivity contribution is 6.29. The van der Waals surface area contributed by atoms with Gasteiger partial charge >= 0.3 is 0 Å². The number of carboxylic acids is 1. The van der Waals surface area contributed by atoms with E-state index in [9.17, 15) is 9.90 Å². The maximum Gasteiger partial charge on any atom is 0.0771 e. The summed E-state index contributed by atoms with van der Waals surface area (Å²) in [6.07, 6.45) is 0.191. The van der Waals surface area contributed by atoms with Gasteiger partial charge in [0.25, 0.3) is 0 Å². The Kier molecular flexibility index (Phi) is 3.14. The number of alkyl halides is 1. The van der Waals surface area contributed by atoms with Crippen molar-refractivity contribution in [3.8, 4) is 0 Å². The number of benzene rings is 1. The molecule has 13 heavy (non-hydrogen) atoms. The van der Waals surface area contributed by atoms with Crippen molar-refractivity contribution in [2.75, 3.05) is 5.73 Å². The summed E-state index contributed by atoms with van der Waals surface area (Å²) in [6, 6.07) is 7.01. The highest BCUT2D eigenvalue weighted by Gasteiger charge is 2.08. The minimum atomic E-state index is -1.27. The minimum Gasteiger partial charge on any atom is -0.549 e. The third kappa shape index (κ3) is 2.63. The van der Waals surface area contributed by atoms with Crippen LogP contribution in [0.2, 0.25) is 0 Å². The molecule has 0 saturated heterocycles. The van der Waals surface area contributed by atoms with Crippen LogP contribution in [0.15, 0.2) is 24.3 Å². The number of para-hydroxylation sites is 1. The van der Waals surface area contributed by atoms with Crippen LogP contribution in [-0.4, -0.2) is 11.3 Å². The topological polar surface area (TPSA) is 66.2 Å². The highest BCUT2D eigenvalue weighted by atomic mass is 35.5. The average Bonchev–Trinajstić information content (AvgIpc) is 2.08. The van der Waals surface area contributed by atoms with E-state index in [-0.39, 0.29) is 6.42 Å². The minimum absolute atomic E-state index is 0.191. The van der Waals surface area contributed by atoms with Crippen molar-refractivity contribution < 1.29 is 9.90 Å². The van der Waals surface area contributed by atoms with Crippen molar-refractivity contribution >= 4 is 23.3 Å². The molecule has 1 aromatic rings. The molecule has 1 aromatic carbocycles. The first-order valence-corrected chi connectivity index (χ1v) is 4.23. The molecule has 3 nitrogen and oxygen atoms in total. The van der Waals surface area contributed by atoms with Crippen LogP contribution >= 0.6 is 11.6 Å². The van der Waals surface area contributed by atoms with E-state index in [2.05, 4.69) is 0 Å². The van der Waals surface area contributed by atoms with Crippen molar-refractivity contribution in [3.63, 3.8) is 0 Å². The predicted molar refractivity (Wildman–Crippen MR) is 49.2 cm³/mol. The van der Waals surface area contributed by atoms with E-state index in [1.807, 2.05) is 0 Å². The van der Waals surface area contributed by atoms with Crippen molar-refractivity contribution in [2.45, 2.75) is 11.8 Å². The molecule has 1 rings (SSSR count). The molecule has 0 aliphatic rings. The molecule has 0 radical (unpaired) electrons. The van der Waals surface area contributed by atoms with Gasteiger partial charge in [-0.05, 0) is 18.1 Å². The molecule has 0 saturated carbocycles. The number of hydrogen-bond donors (Lipinski definition) is 1. The summed E-state index contributed by atoms with van der Waals surface area (Å²) in [5.41, 5.74) is 6.88. The van der Waals surface area contributed by atoms with E-state index in [0.717, 1.165) is 5.56 Å². The Balaban J connectivity index is 2.74. The predicted octanol–water partition coefficient (Wildman–Crippen LogP) is 0.169. The van der Waals surface area contributed by atoms with E-state index < -0.39 is 11.3 Å². The lowest BCUT2D eigenvalue weighted by Gasteiger charge is -2.11. The molecule has 0 spiro atoms. The Morgan fingerprint density at radius 3 is 2.69 bits per heavy atom. The largest absolute Gasteiger partial charge is 0.549 e. The van der Waals surface area contributed by atoms with Gasteiger partial charge in [-0.3, -0.25) is 0 Å². The normalized spacial score (nSPS) is 12.4. The Morgan fingerprint density at radius 2 is 2.15 bits per heavy atom. The summed E-state index contributed by atoms with van der Waals surface area (Å²) in [5, 5.41) is 9.31. The van der Waals surface area contributed by atoms with E-state index in [0.29, 0.717) is 5.69 Å². The molecule has 0 amide bonds. The van der Waals surface area contributed by atoms with Crippen molar-refractivity contribution in [2.24, 2.45) is 0 Å². The Bertz CT molecular complexity index is 314. The lowest BCUT2D eigenvalue weighted by Crippen LogP contribution is -2.33. The fraction of sp³-hybridized carbons (Fsp3) is 0.222. The zero-order valence-electron chi connectivity index (χ0n) is 6.87. The van der Waals surface area contributed by atoms with E-state index in [1.165, 1.54) is 0 Å². The van der Waals surface area contributed by atoms with Gasteiger partial charge in [-0.25, -0.2) is 0 Å². The molecule has 0 aliphatic heterocycles. The maximum atomic E-state index is 10.3. The first kappa shape index (κ1) is 9.86.